The molecule has 0 spiro atoms. The monoisotopic (exact) mass is 292 g/mol. The lowest BCUT2D eigenvalue weighted by atomic mass is 9.63. The van der Waals surface area contributed by atoms with E-state index in [0.29, 0.717) is 11.9 Å². The van der Waals surface area contributed by atoms with Gasteiger partial charge in [0.2, 0.25) is 5.82 Å². The fourth-order valence-corrected chi connectivity index (χ4v) is 3.86. The predicted octanol–water partition coefficient (Wildman–Crippen LogP) is 3.59. The molecule has 1 aromatic heterocycles. The Labute approximate surface area is 125 Å². The average molecular weight is 292 g/mol. The fourth-order valence-electron chi connectivity index (χ4n) is 3.86. The first-order valence-electron chi connectivity index (χ1n) is 7.25. The Hall–Kier alpha value is -1.85. The Bertz CT molecular complexity index is 539. The van der Waals surface area contributed by atoms with Gasteiger partial charge in [-0.15, -0.1) is 0 Å². The highest BCUT2D eigenvalue weighted by molar-refractivity contribution is 5.57. The van der Waals surface area contributed by atoms with Gasteiger partial charge in [-0.1, -0.05) is 27.7 Å². The van der Waals surface area contributed by atoms with Gasteiger partial charge in [0, 0.05) is 12.1 Å². The van der Waals surface area contributed by atoms with E-state index in [0.717, 1.165) is 12.8 Å². The molecule has 0 amide bonds. The van der Waals surface area contributed by atoms with E-state index in [9.17, 15) is 10.1 Å². The summed E-state index contributed by atoms with van der Waals surface area (Å²) in [5.41, 5.74) is 6.03. The fraction of sp³-hybridized carbons (Fsp3) is 0.667. The smallest absolute Gasteiger partial charge is 0.311 e. The van der Waals surface area contributed by atoms with Crippen molar-refractivity contribution in [1.29, 1.82) is 0 Å². The maximum Gasteiger partial charge on any atom is 0.311 e. The highest BCUT2D eigenvalue weighted by Gasteiger charge is 2.38. The summed E-state index contributed by atoms with van der Waals surface area (Å²) >= 11 is 0. The van der Waals surface area contributed by atoms with Crippen LogP contribution >= 0.6 is 0 Å². The molecule has 21 heavy (non-hydrogen) atoms. The Balaban J connectivity index is 2.14. The van der Waals surface area contributed by atoms with Gasteiger partial charge in [-0.25, -0.2) is 4.98 Å². The molecule has 0 bridgehead atoms. The van der Waals surface area contributed by atoms with Crippen LogP contribution in [0.4, 0.5) is 17.3 Å². The maximum absolute atomic E-state index is 10.8. The minimum Gasteiger partial charge on any atom is -0.378 e. The third kappa shape index (κ3) is 3.83. The van der Waals surface area contributed by atoms with Crippen molar-refractivity contribution in [2.75, 3.05) is 11.1 Å². The molecule has 116 valence electrons. The summed E-state index contributed by atoms with van der Waals surface area (Å²) in [6.07, 6.45) is 3.29. The van der Waals surface area contributed by atoms with Crippen LogP contribution in [-0.4, -0.2) is 15.9 Å². The summed E-state index contributed by atoms with van der Waals surface area (Å²) in [4.78, 5) is 14.4. The third-order valence-corrected chi connectivity index (χ3v) is 4.01. The topological polar surface area (TPSA) is 94.1 Å². The second-order valence-electron chi connectivity index (χ2n) is 7.61. The van der Waals surface area contributed by atoms with E-state index in [-0.39, 0.29) is 22.3 Å². The van der Waals surface area contributed by atoms with Crippen LogP contribution in [0.2, 0.25) is 0 Å². The molecule has 1 aliphatic carbocycles. The first kappa shape index (κ1) is 15.5. The van der Waals surface area contributed by atoms with Gasteiger partial charge in [0.1, 0.15) is 5.82 Å². The first-order valence-corrected chi connectivity index (χ1v) is 7.25. The molecule has 1 heterocycles. The Morgan fingerprint density at radius 2 is 1.86 bits per heavy atom. The summed E-state index contributed by atoms with van der Waals surface area (Å²) in [6, 6.07) is 3.34. The van der Waals surface area contributed by atoms with Gasteiger partial charge in [-0.05, 0) is 36.2 Å². The number of nitrogen functional groups attached to an aromatic ring is 1. The number of pyridine rings is 1. The van der Waals surface area contributed by atoms with Crippen molar-refractivity contribution in [3.8, 4) is 0 Å². The summed E-state index contributed by atoms with van der Waals surface area (Å²) in [7, 11) is 0. The molecule has 6 nitrogen and oxygen atoms in total. The maximum atomic E-state index is 10.8. The highest BCUT2D eigenvalue weighted by atomic mass is 16.6. The van der Waals surface area contributed by atoms with E-state index < -0.39 is 4.92 Å². The van der Waals surface area contributed by atoms with Gasteiger partial charge >= 0.3 is 5.69 Å². The van der Waals surface area contributed by atoms with E-state index in [1.54, 1.807) is 6.07 Å². The minimum absolute atomic E-state index is 0.0423. The van der Waals surface area contributed by atoms with Crippen LogP contribution in [0, 0.1) is 20.9 Å². The van der Waals surface area contributed by atoms with Gasteiger partial charge in [0.05, 0.1) is 4.92 Å². The second-order valence-corrected chi connectivity index (χ2v) is 7.61. The molecule has 0 aromatic carbocycles. The van der Waals surface area contributed by atoms with Crippen molar-refractivity contribution in [3.63, 3.8) is 0 Å². The van der Waals surface area contributed by atoms with Crippen LogP contribution < -0.4 is 11.1 Å². The Morgan fingerprint density at radius 3 is 2.33 bits per heavy atom. The lowest BCUT2D eigenvalue weighted by molar-refractivity contribution is -0.384. The van der Waals surface area contributed by atoms with Gasteiger partial charge in [0.15, 0.2) is 0 Å². The number of nitrogens with zero attached hydrogens (tertiary/aromatic N) is 2. The average Bonchev–Trinajstić information content (AvgIpc) is 2.23. The molecule has 1 aromatic rings. The Kier molecular flexibility index (Phi) is 3.82. The van der Waals surface area contributed by atoms with Crippen LogP contribution in [0.15, 0.2) is 12.1 Å². The van der Waals surface area contributed by atoms with Crippen molar-refractivity contribution in [2.45, 2.75) is 53.0 Å². The normalized spacial score (nSPS) is 21.0. The molecule has 0 aliphatic heterocycles. The number of hydrogen-bond acceptors (Lipinski definition) is 5. The number of hydrogen-bond donors (Lipinski definition) is 2. The van der Waals surface area contributed by atoms with Crippen molar-refractivity contribution >= 4 is 17.3 Å². The van der Waals surface area contributed by atoms with Gasteiger partial charge in [-0.3, -0.25) is 10.1 Å². The molecule has 0 saturated heterocycles. The van der Waals surface area contributed by atoms with Crippen LogP contribution in [0.25, 0.3) is 0 Å². The lowest BCUT2D eigenvalue weighted by Gasteiger charge is -2.45. The zero-order valence-electron chi connectivity index (χ0n) is 13.1. The number of aromatic nitrogens is 1. The van der Waals surface area contributed by atoms with Crippen LogP contribution in [0.3, 0.4) is 0 Å². The molecule has 2 rings (SSSR count). The van der Waals surface area contributed by atoms with E-state index in [1.807, 2.05) is 0 Å². The van der Waals surface area contributed by atoms with Crippen LogP contribution in [0.5, 0.6) is 0 Å². The predicted molar refractivity (Wildman–Crippen MR) is 84.1 cm³/mol. The van der Waals surface area contributed by atoms with Crippen LogP contribution in [0.1, 0.15) is 47.0 Å². The molecule has 1 aliphatic rings. The lowest BCUT2D eigenvalue weighted by Crippen LogP contribution is -2.40. The molecular weight excluding hydrogens is 268 g/mol. The highest BCUT2D eigenvalue weighted by Crippen LogP contribution is 2.46. The molecule has 3 N–H and O–H groups in total. The van der Waals surface area contributed by atoms with Gasteiger partial charge < -0.3 is 11.1 Å². The largest absolute Gasteiger partial charge is 0.378 e. The van der Waals surface area contributed by atoms with Gasteiger partial charge in [0.25, 0.3) is 0 Å². The van der Waals surface area contributed by atoms with E-state index >= 15 is 0 Å². The van der Waals surface area contributed by atoms with Crippen molar-refractivity contribution in [1.82, 2.24) is 4.98 Å². The van der Waals surface area contributed by atoms with Crippen molar-refractivity contribution < 1.29 is 4.92 Å². The summed E-state index contributed by atoms with van der Waals surface area (Å²) < 4.78 is 0. The number of rotatable bonds is 3. The van der Waals surface area contributed by atoms with E-state index in [4.69, 9.17) is 5.73 Å². The molecular formula is C15H24N4O2. The molecule has 0 unspecified atom stereocenters. The van der Waals surface area contributed by atoms with Crippen LogP contribution in [-0.2, 0) is 0 Å². The number of nitro groups is 1. The molecule has 1 saturated carbocycles. The SMILES string of the molecule is CC1(C)CC(Nc2ccc([N+](=O)[O-])c(N)n2)CC(C)(C)C1. The Morgan fingerprint density at radius 1 is 1.29 bits per heavy atom. The van der Waals surface area contributed by atoms with E-state index in [2.05, 4.69) is 38.0 Å². The summed E-state index contributed by atoms with van der Waals surface area (Å²) in [5.74, 6) is 0.566. The third-order valence-electron chi connectivity index (χ3n) is 4.01. The summed E-state index contributed by atoms with van der Waals surface area (Å²) in [6.45, 7) is 9.11. The zero-order chi connectivity index (χ0) is 15.8. The molecule has 1 fully saturated rings. The zero-order valence-corrected chi connectivity index (χ0v) is 13.1. The second kappa shape index (κ2) is 5.16. The quantitative estimate of drug-likeness (QED) is 0.656. The van der Waals surface area contributed by atoms with Crippen molar-refractivity contribution in [3.05, 3.63) is 22.2 Å². The van der Waals surface area contributed by atoms with E-state index in [1.165, 1.54) is 12.5 Å². The molecule has 0 radical (unpaired) electrons. The molecule has 6 heteroatoms. The minimum atomic E-state index is -0.515. The summed E-state index contributed by atoms with van der Waals surface area (Å²) in [5, 5.41) is 14.1. The van der Waals surface area contributed by atoms with Gasteiger partial charge in [-0.2, -0.15) is 0 Å². The number of nitrogens with one attached hydrogen (secondary N) is 1. The molecule has 0 atom stereocenters. The first-order chi connectivity index (χ1) is 9.58. The number of nitrogens with two attached hydrogens (primary N) is 1. The van der Waals surface area contributed by atoms with Crippen molar-refractivity contribution in [2.24, 2.45) is 10.8 Å². The standard InChI is InChI=1S/C15H24N4O2/c1-14(2)7-10(8-15(3,4)9-14)17-12-6-5-11(19(20)21)13(16)18-12/h5-6,10H,7-9H2,1-4H3,(H3,16,17,18). The number of anilines is 2.